The fourth-order valence-electron chi connectivity index (χ4n) is 3.19. The number of carbonyl (C=O) groups excluding carboxylic acids is 2. The third-order valence-corrected chi connectivity index (χ3v) is 6.28. The molecule has 1 fully saturated rings. The molecule has 2 amide bonds. The zero-order chi connectivity index (χ0) is 21.1. The number of rotatable bonds is 4. The smallest absolute Gasteiger partial charge is 0.264 e. The summed E-state index contributed by atoms with van der Waals surface area (Å²) in [5, 5.41) is 12.1. The van der Waals surface area contributed by atoms with E-state index in [1.807, 2.05) is 50.2 Å². The number of benzene rings is 2. The second-order valence-electron chi connectivity index (χ2n) is 7.11. The molecule has 0 aliphatic carbocycles. The summed E-state index contributed by atoms with van der Waals surface area (Å²) < 4.78 is 0. The highest BCUT2D eigenvalue weighted by atomic mass is 32.2. The highest BCUT2D eigenvalue weighted by Crippen LogP contribution is 2.42. The van der Waals surface area contributed by atoms with Gasteiger partial charge in [-0.15, -0.1) is 0 Å². The number of likely N-dealkylation sites (N-methyl/N-ethyl adjacent to an activating group) is 1. The molecule has 0 bridgehead atoms. The Labute approximate surface area is 175 Å². The summed E-state index contributed by atoms with van der Waals surface area (Å²) >= 11 is 1.28. The molecule has 0 aromatic heterocycles. The molecular weight excluding hydrogens is 382 g/mol. The van der Waals surface area contributed by atoms with Crippen molar-refractivity contribution in [3.05, 3.63) is 75.3 Å². The number of amides is 2. The number of aryl methyl sites for hydroxylation is 3. The van der Waals surface area contributed by atoms with Gasteiger partial charge >= 0.3 is 0 Å². The minimum absolute atomic E-state index is 0.0472. The summed E-state index contributed by atoms with van der Waals surface area (Å²) in [5.74, 6) is -0.615. The third kappa shape index (κ3) is 4.20. The van der Waals surface area contributed by atoms with Crippen LogP contribution in [0.1, 0.15) is 22.3 Å². The van der Waals surface area contributed by atoms with E-state index in [0.717, 1.165) is 11.1 Å². The van der Waals surface area contributed by atoms with Crippen LogP contribution in [0.4, 0.5) is 5.69 Å². The Balaban J connectivity index is 2.03. The van der Waals surface area contributed by atoms with Gasteiger partial charge in [0.15, 0.2) is 0 Å². The predicted octanol–water partition coefficient (Wildman–Crippen LogP) is 3.78. The van der Waals surface area contributed by atoms with Crippen LogP contribution in [0.2, 0.25) is 0 Å². The molecule has 1 heterocycles. The summed E-state index contributed by atoms with van der Waals surface area (Å²) in [6, 6.07) is 15.6. The van der Waals surface area contributed by atoms with Crippen LogP contribution in [0, 0.1) is 32.1 Å². The number of hydrogen-bond acceptors (Lipinski definition) is 4. The first-order valence-electron chi connectivity index (χ1n) is 9.35. The third-order valence-electron chi connectivity index (χ3n) is 5.02. The van der Waals surface area contributed by atoms with Gasteiger partial charge in [-0.2, -0.15) is 5.26 Å². The number of hydrogen-bond donors (Lipinski definition) is 1. The average Bonchev–Trinajstić information content (AvgIpc) is 3.01. The zero-order valence-corrected chi connectivity index (χ0v) is 17.8. The maximum absolute atomic E-state index is 13.3. The van der Waals surface area contributed by atoms with Gasteiger partial charge in [-0.25, -0.2) is 0 Å². The molecule has 29 heavy (non-hydrogen) atoms. The molecular formula is C23H23N3O2S. The van der Waals surface area contributed by atoms with E-state index in [0.29, 0.717) is 17.1 Å². The lowest BCUT2D eigenvalue weighted by molar-refractivity contribution is -0.117. The SMILES string of the molecule is CNC(=O)/C(C#N)=C1/S[C@H](Cc2ccc(C)c(C)c2)C(=O)N1c1ccc(C)cc1. The molecule has 148 valence electrons. The van der Waals surface area contributed by atoms with Crippen molar-refractivity contribution in [3.8, 4) is 6.07 Å². The van der Waals surface area contributed by atoms with Crippen LogP contribution in [-0.4, -0.2) is 24.1 Å². The molecule has 3 rings (SSSR count). The van der Waals surface area contributed by atoms with Crippen molar-refractivity contribution in [1.82, 2.24) is 5.32 Å². The first kappa shape index (κ1) is 20.7. The van der Waals surface area contributed by atoms with Crippen LogP contribution in [0.25, 0.3) is 0 Å². The number of nitrogens with zero attached hydrogens (tertiary/aromatic N) is 2. The van der Waals surface area contributed by atoms with Gasteiger partial charge in [-0.3, -0.25) is 14.5 Å². The van der Waals surface area contributed by atoms with Gasteiger partial charge in [0.05, 0.1) is 5.25 Å². The van der Waals surface area contributed by atoms with Gasteiger partial charge in [0.1, 0.15) is 16.7 Å². The summed E-state index contributed by atoms with van der Waals surface area (Å²) in [5.41, 5.74) is 5.11. The molecule has 0 radical (unpaired) electrons. The van der Waals surface area contributed by atoms with E-state index in [-0.39, 0.29) is 11.5 Å². The minimum atomic E-state index is -0.494. The molecule has 2 aromatic rings. The highest BCUT2D eigenvalue weighted by molar-refractivity contribution is 8.05. The maximum Gasteiger partial charge on any atom is 0.264 e. The van der Waals surface area contributed by atoms with E-state index in [2.05, 4.69) is 24.4 Å². The number of nitriles is 1. The van der Waals surface area contributed by atoms with Gasteiger partial charge in [-0.05, 0) is 56.0 Å². The average molecular weight is 406 g/mol. The minimum Gasteiger partial charge on any atom is -0.354 e. The molecule has 5 nitrogen and oxygen atoms in total. The van der Waals surface area contributed by atoms with Crippen molar-refractivity contribution < 1.29 is 9.59 Å². The second-order valence-corrected chi connectivity index (χ2v) is 8.30. The quantitative estimate of drug-likeness (QED) is 0.621. The van der Waals surface area contributed by atoms with Gasteiger partial charge in [-0.1, -0.05) is 47.7 Å². The monoisotopic (exact) mass is 405 g/mol. The van der Waals surface area contributed by atoms with E-state index in [4.69, 9.17) is 0 Å². The fraction of sp³-hybridized carbons (Fsp3) is 0.261. The number of anilines is 1. The molecule has 1 N–H and O–H groups in total. The Morgan fingerprint density at radius 2 is 1.83 bits per heavy atom. The molecule has 0 unspecified atom stereocenters. The van der Waals surface area contributed by atoms with Crippen LogP contribution < -0.4 is 10.2 Å². The Bertz CT molecular complexity index is 1040. The Hall–Kier alpha value is -3.04. The van der Waals surface area contributed by atoms with Crippen molar-refractivity contribution >= 4 is 29.3 Å². The van der Waals surface area contributed by atoms with E-state index >= 15 is 0 Å². The Morgan fingerprint density at radius 3 is 2.41 bits per heavy atom. The second kappa shape index (κ2) is 8.54. The number of nitrogens with one attached hydrogen (secondary N) is 1. The topological polar surface area (TPSA) is 73.2 Å². The van der Waals surface area contributed by atoms with Gasteiger partial charge in [0.2, 0.25) is 5.91 Å². The predicted molar refractivity (Wildman–Crippen MR) is 116 cm³/mol. The van der Waals surface area contributed by atoms with Crippen LogP contribution in [0.3, 0.4) is 0 Å². The molecule has 1 aliphatic rings. The molecule has 0 spiro atoms. The highest BCUT2D eigenvalue weighted by Gasteiger charge is 2.40. The zero-order valence-electron chi connectivity index (χ0n) is 16.9. The van der Waals surface area contributed by atoms with Crippen molar-refractivity contribution in [2.24, 2.45) is 0 Å². The first-order chi connectivity index (χ1) is 13.8. The van der Waals surface area contributed by atoms with Gasteiger partial charge in [0.25, 0.3) is 5.91 Å². The molecule has 1 saturated heterocycles. The van der Waals surface area contributed by atoms with Crippen LogP contribution in [0.5, 0.6) is 0 Å². The molecule has 0 saturated carbocycles. The fourth-order valence-corrected chi connectivity index (χ4v) is 4.49. The van der Waals surface area contributed by atoms with Gasteiger partial charge < -0.3 is 5.32 Å². The van der Waals surface area contributed by atoms with Gasteiger partial charge in [0, 0.05) is 12.7 Å². The lowest BCUT2D eigenvalue weighted by Crippen LogP contribution is -2.31. The van der Waals surface area contributed by atoms with Crippen LogP contribution in [0.15, 0.2) is 53.1 Å². The summed E-state index contributed by atoms with van der Waals surface area (Å²) in [6.45, 7) is 6.07. The lowest BCUT2D eigenvalue weighted by Gasteiger charge is -2.18. The Morgan fingerprint density at radius 1 is 1.14 bits per heavy atom. The standard InChI is InChI=1S/C23H23N3O2S/c1-14-5-9-18(10-6-14)26-22(28)20(12-17-8-7-15(2)16(3)11-17)29-23(26)19(13-24)21(27)25-4/h5-11,20H,12H2,1-4H3,(H,25,27)/b23-19+/t20-/m1/s1. The van der Waals surface area contributed by atoms with E-state index in [9.17, 15) is 14.9 Å². The number of carbonyl (C=O) groups is 2. The van der Waals surface area contributed by atoms with E-state index in [1.165, 1.54) is 34.8 Å². The summed E-state index contributed by atoms with van der Waals surface area (Å²) in [6.07, 6.45) is 0.531. The summed E-state index contributed by atoms with van der Waals surface area (Å²) in [7, 11) is 1.48. The molecule has 1 atom stereocenters. The van der Waals surface area contributed by atoms with E-state index < -0.39 is 11.2 Å². The molecule has 2 aromatic carbocycles. The number of thioether (sulfide) groups is 1. The van der Waals surface area contributed by atoms with Crippen molar-refractivity contribution in [2.45, 2.75) is 32.4 Å². The van der Waals surface area contributed by atoms with Crippen LogP contribution in [-0.2, 0) is 16.0 Å². The first-order valence-corrected chi connectivity index (χ1v) is 10.2. The van der Waals surface area contributed by atoms with Crippen molar-refractivity contribution in [2.75, 3.05) is 11.9 Å². The van der Waals surface area contributed by atoms with Crippen molar-refractivity contribution in [1.29, 1.82) is 5.26 Å². The lowest BCUT2D eigenvalue weighted by atomic mass is 10.0. The largest absolute Gasteiger partial charge is 0.354 e. The summed E-state index contributed by atoms with van der Waals surface area (Å²) in [4.78, 5) is 27.1. The maximum atomic E-state index is 13.3. The van der Waals surface area contributed by atoms with Crippen molar-refractivity contribution in [3.63, 3.8) is 0 Å². The van der Waals surface area contributed by atoms with Crippen LogP contribution >= 0.6 is 11.8 Å². The normalized spacial score (nSPS) is 17.8. The Kier molecular flexibility index (Phi) is 6.09. The molecule has 1 aliphatic heterocycles. The van der Waals surface area contributed by atoms with E-state index in [1.54, 1.807) is 0 Å². The molecule has 6 heteroatoms.